The lowest BCUT2D eigenvalue weighted by Crippen LogP contribution is -2.34. The van der Waals surface area contributed by atoms with Crippen molar-refractivity contribution in [1.29, 1.82) is 0 Å². The van der Waals surface area contributed by atoms with Crippen molar-refractivity contribution in [2.75, 3.05) is 6.61 Å². The second-order valence-electron chi connectivity index (χ2n) is 5.80. The molecule has 5 nitrogen and oxygen atoms in total. The van der Waals surface area contributed by atoms with Gasteiger partial charge in [0.2, 0.25) is 0 Å². The average Bonchev–Trinajstić information content (AvgIpc) is 2.67. The van der Waals surface area contributed by atoms with E-state index < -0.39 is 21.1 Å². The van der Waals surface area contributed by atoms with Gasteiger partial charge in [-0.1, -0.05) is 42.5 Å². The van der Waals surface area contributed by atoms with Gasteiger partial charge in [-0.25, -0.2) is 8.42 Å². The van der Waals surface area contributed by atoms with Crippen molar-refractivity contribution in [3.8, 4) is 0 Å². The molecule has 0 aliphatic carbocycles. The van der Waals surface area contributed by atoms with E-state index in [1.54, 1.807) is 37.4 Å². The standard InChI is InChI=1S/C20H19NO4S/c1-2-25-20(22)18(26(23,24)17-11-4-3-5-12-17)14-16-9-6-8-15-10-7-13-21-19(15)16/h3-13,18H,2,14H2,1H3. The Morgan fingerprint density at radius 3 is 2.50 bits per heavy atom. The van der Waals surface area contributed by atoms with Crippen molar-refractivity contribution in [3.63, 3.8) is 0 Å². The van der Waals surface area contributed by atoms with Crippen LogP contribution in [0.15, 0.2) is 71.8 Å². The molecule has 0 N–H and O–H groups in total. The number of para-hydroxylation sites is 1. The second kappa shape index (κ2) is 7.66. The highest BCUT2D eigenvalue weighted by atomic mass is 32.2. The highest BCUT2D eigenvalue weighted by molar-refractivity contribution is 7.92. The van der Waals surface area contributed by atoms with Gasteiger partial charge in [-0.2, -0.15) is 0 Å². The molecule has 26 heavy (non-hydrogen) atoms. The molecule has 0 aliphatic rings. The zero-order valence-electron chi connectivity index (χ0n) is 14.3. The first-order valence-corrected chi connectivity index (χ1v) is 9.87. The second-order valence-corrected chi connectivity index (χ2v) is 7.93. The van der Waals surface area contributed by atoms with Gasteiger partial charge in [-0.05, 0) is 30.7 Å². The normalized spacial score (nSPS) is 12.7. The van der Waals surface area contributed by atoms with E-state index >= 15 is 0 Å². The Kier molecular flexibility index (Phi) is 5.32. The number of benzene rings is 2. The summed E-state index contributed by atoms with van der Waals surface area (Å²) in [5.74, 6) is -0.746. The van der Waals surface area contributed by atoms with Crippen molar-refractivity contribution in [1.82, 2.24) is 4.98 Å². The molecule has 0 radical (unpaired) electrons. The predicted octanol–water partition coefficient (Wildman–Crippen LogP) is 3.18. The first-order chi connectivity index (χ1) is 12.5. The van der Waals surface area contributed by atoms with Gasteiger partial charge in [0.25, 0.3) is 0 Å². The molecule has 134 valence electrons. The smallest absolute Gasteiger partial charge is 0.325 e. The molecule has 0 saturated heterocycles. The minimum Gasteiger partial charge on any atom is -0.465 e. The Morgan fingerprint density at radius 2 is 1.77 bits per heavy atom. The van der Waals surface area contributed by atoms with Crippen LogP contribution in [0.3, 0.4) is 0 Å². The van der Waals surface area contributed by atoms with Gasteiger partial charge >= 0.3 is 5.97 Å². The largest absolute Gasteiger partial charge is 0.465 e. The van der Waals surface area contributed by atoms with Crippen molar-refractivity contribution >= 4 is 26.7 Å². The summed E-state index contributed by atoms with van der Waals surface area (Å²) >= 11 is 0. The Balaban J connectivity index is 2.06. The molecule has 1 atom stereocenters. The first kappa shape index (κ1) is 18.1. The minimum atomic E-state index is -3.89. The van der Waals surface area contributed by atoms with E-state index in [4.69, 9.17) is 4.74 Å². The number of nitrogens with zero attached hydrogens (tertiary/aromatic N) is 1. The third-order valence-electron chi connectivity index (χ3n) is 4.12. The maximum Gasteiger partial charge on any atom is 0.325 e. The van der Waals surface area contributed by atoms with Crippen molar-refractivity contribution in [2.45, 2.75) is 23.5 Å². The number of rotatable bonds is 6. The van der Waals surface area contributed by atoms with Crippen LogP contribution in [0.4, 0.5) is 0 Å². The molecule has 6 heteroatoms. The van der Waals surface area contributed by atoms with Gasteiger partial charge in [0, 0.05) is 18.0 Å². The summed E-state index contributed by atoms with van der Waals surface area (Å²) in [6, 6.07) is 17.2. The summed E-state index contributed by atoms with van der Waals surface area (Å²) in [5.41, 5.74) is 1.38. The van der Waals surface area contributed by atoms with Crippen molar-refractivity contribution in [3.05, 3.63) is 72.4 Å². The Morgan fingerprint density at radius 1 is 1.04 bits per heavy atom. The van der Waals surface area contributed by atoms with Crippen molar-refractivity contribution in [2.24, 2.45) is 0 Å². The number of fused-ring (bicyclic) bond motifs is 1. The van der Waals surface area contributed by atoms with Gasteiger partial charge in [0.1, 0.15) is 0 Å². The SMILES string of the molecule is CCOC(=O)C(Cc1cccc2cccnc12)S(=O)(=O)c1ccccc1. The number of sulfone groups is 1. The summed E-state index contributed by atoms with van der Waals surface area (Å²) in [6.45, 7) is 1.77. The molecular weight excluding hydrogens is 350 g/mol. The Labute approximate surface area is 152 Å². The average molecular weight is 369 g/mol. The number of carbonyl (C=O) groups is 1. The summed E-state index contributed by atoms with van der Waals surface area (Å²) in [6.07, 6.45) is 1.65. The molecule has 0 saturated carbocycles. The number of aromatic nitrogens is 1. The fourth-order valence-corrected chi connectivity index (χ4v) is 4.45. The molecule has 1 aromatic heterocycles. The first-order valence-electron chi connectivity index (χ1n) is 8.32. The zero-order valence-corrected chi connectivity index (χ0v) is 15.1. The van der Waals surface area contributed by atoms with Crippen LogP contribution < -0.4 is 0 Å². The Hall–Kier alpha value is -2.73. The number of carbonyl (C=O) groups excluding carboxylic acids is 1. The van der Waals surface area contributed by atoms with E-state index in [2.05, 4.69) is 4.98 Å². The van der Waals surface area contributed by atoms with Crippen LogP contribution >= 0.6 is 0 Å². The predicted molar refractivity (Wildman–Crippen MR) is 99.5 cm³/mol. The highest BCUT2D eigenvalue weighted by Gasteiger charge is 2.35. The lowest BCUT2D eigenvalue weighted by atomic mass is 10.1. The highest BCUT2D eigenvalue weighted by Crippen LogP contribution is 2.24. The monoisotopic (exact) mass is 369 g/mol. The molecule has 0 amide bonds. The fraction of sp³-hybridized carbons (Fsp3) is 0.200. The molecule has 2 aromatic carbocycles. The number of hydrogen-bond acceptors (Lipinski definition) is 5. The summed E-state index contributed by atoms with van der Waals surface area (Å²) in [5, 5.41) is -0.429. The molecule has 1 unspecified atom stereocenters. The summed E-state index contributed by atoms with van der Waals surface area (Å²) < 4.78 is 31.2. The summed E-state index contributed by atoms with van der Waals surface area (Å²) in [7, 11) is -3.89. The number of esters is 1. The van der Waals surface area contributed by atoms with Gasteiger partial charge in [-0.3, -0.25) is 9.78 Å². The molecule has 0 fully saturated rings. The maximum atomic E-state index is 13.1. The summed E-state index contributed by atoms with van der Waals surface area (Å²) in [4.78, 5) is 16.9. The van der Waals surface area contributed by atoms with Crippen LogP contribution in [-0.4, -0.2) is 31.2 Å². The van der Waals surface area contributed by atoms with Gasteiger partial charge in [0.05, 0.1) is 17.0 Å². The molecule has 0 aliphatic heterocycles. The van der Waals surface area contributed by atoms with Crippen LogP contribution in [-0.2, 0) is 25.8 Å². The van der Waals surface area contributed by atoms with E-state index in [9.17, 15) is 13.2 Å². The lowest BCUT2D eigenvalue weighted by Gasteiger charge is -2.17. The Bertz CT molecular complexity index is 1010. The van der Waals surface area contributed by atoms with Gasteiger partial charge in [0.15, 0.2) is 15.1 Å². The molecule has 1 heterocycles. The molecule has 0 bridgehead atoms. The van der Waals surface area contributed by atoms with Crippen LogP contribution in [0.1, 0.15) is 12.5 Å². The minimum absolute atomic E-state index is 0.00438. The quantitative estimate of drug-likeness (QED) is 0.624. The topological polar surface area (TPSA) is 73.3 Å². The van der Waals surface area contributed by atoms with E-state index in [0.717, 1.165) is 5.39 Å². The molecule has 3 aromatic rings. The van der Waals surface area contributed by atoms with Crippen LogP contribution in [0.2, 0.25) is 0 Å². The van der Waals surface area contributed by atoms with E-state index in [0.29, 0.717) is 11.1 Å². The van der Waals surface area contributed by atoms with E-state index in [1.165, 1.54) is 12.1 Å². The molecule has 0 spiro atoms. The molecule has 3 rings (SSSR count). The fourth-order valence-electron chi connectivity index (χ4n) is 2.86. The van der Waals surface area contributed by atoms with Crippen LogP contribution in [0.5, 0.6) is 0 Å². The van der Waals surface area contributed by atoms with Gasteiger partial charge in [-0.15, -0.1) is 0 Å². The number of ether oxygens (including phenoxy) is 1. The third-order valence-corrected chi connectivity index (χ3v) is 6.15. The number of hydrogen-bond donors (Lipinski definition) is 0. The van der Waals surface area contributed by atoms with Crippen molar-refractivity contribution < 1.29 is 17.9 Å². The number of pyridine rings is 1. The maximum absolute atomic E-state index is 13.1. The van der Waals surface area contributed by atoms with E-state index in [1.807, 2.05) is 24.3 Å². The zero-order chi connectivity index (χ0) is 18.6. The van der Waals surface area contributed by atoms with Crippen LogP contribution in [0, 0.1) is 0 Å². The van der Waals surface area contributed by atoms with E-state index in [-0.39, 0.29) is 17.9 Å². The lowest BCUT2D eigenvalue weighted by molar-refractivity contribution is -0.142. The molecular formula is C20H19NO4S. The van der Waals surface area contributed by atoms with Crippen LogP contribution in [0.25, 0.3) is 10.9 Å². The van der Waals surface area contributed by atoms with Gasteiger partial charge < -0.3 is 4.74 Å². The third kappa shape index (κ3) is 3.60.